The number of hydrogen-bond donors (Lipinski definition) is 0. The first-order chi connectivity index (χ1) is 6.70. The van der Waals surface area contributed by atoms with Crippen LogP contribution in [0.15, 0.2) is 23.3 Å². The van der Waals surface area contributed by atoms with Crippen molar-refractivity contribution in [2.45, 2.75) is 33.6 Å². The number of carbonyl (C=O) groups excluding carboxylic acids is 2. The van der Waals surface area contributed by atoms with Crippen LogP contribution in [0, 0.1) is 5.92 Å². The molecule has 0 heterocycles. The fourth-order valence-corrected chi connectivity index (χ4v) is 1.95. The third kappa shape index (κ3) is 1.69. The van der Waals surface area contributed by atoms with E-state index in [1.807, 2.05) is 32.9 Å². The summed E-state index contributed by atoms with van der Waals surface area (Å²) >= 11 is 0. The maximum Gasteiger partial charge on any atom is 0.167 e. The molecular formula is C12H18O2. The largest absolute Gasteiger partial charge is 0.299 e. The van der Waals surface area contributed by atoms with Crippen molar-refractivity contribution in [3.05, 3.63) is 23.3 Å². The van der Waals surface area contributed by atoms with E-state index in [-0.39, 0.29) is 25.3 Å². The monoisotopic (exact) mass is 195 g/mol. The number of rotatable bonds is 0. The topological polar surface area (TPSA) is 34.1 Å². The van der Waals surface area contributed by atoms with Crippen molar-refractivity contribution < 1.29 is 11.0 Å². The Morgan fingerprint density at radius 2 is 2.00 bits per heavy atom. The van der Waals surface area contributed by atoms with Crippen molar-refractivity contribution in [2.24, 2.45) is 5.92 Å². The van der Waals surface area contributed by atoms with Gasteiger partial charge in [-0.25, -0.2) is 0 Å². The van der Waals surface area contributed by atoms with E-state index in [4.69, 9.17) is 0 Å². The highest BCUT2D eigenvalue weighted by molar-refractivity contribution is 6.18. The van der Waals surface area contributed by atoms with Gasteiger partial charge in [-0.05, 0) is 18.9 Å². The third-order valence-corrected chi connectivity index (χ3v) is 2.54. The Labute approximate surface area is 86.2 Å². The second-order valence-electron chi connectivity index (χ2n) is 3.35. The van der Waals surface area contributed by atoms with E-state index >= 15 is 0 Å². The molecular weight excluding hydrogens is 176 g/mol. The summed E-state index contributed by atoms with van der Waals surface area (Å²) < 4.78 is 0. The molecule has 0 aromatic rings. The van der Waals surface area contributed by atoms with Crippen LogP contribution < -0.4 is 0 Å². The summed E-state index contributed by atoms with van der Waals surface area (Å²) in [6.07, 6.45) is 4.75. The molecule has 2 aliphatic carbocycles. The minimum absolute atomic E-state index is 0. The summed E-state index contributed by atoms with van der Waals surface area (Å²) in [6.45, 7) is 5.90. The summed E-state index contributed by atoms with van der Waals surface area (Å²) in [7, 11) is 0. The van der Waals surface area contributed by atoms with Gasteiger partial charge >= 0.3 is 0 Å². The number of hydrogen-bond acceptors (Lipinski definition) is 2. The molecule has 1 saturated carbocycles. The molecule has 0 saturated heterocycles. The van der Waals surface area contributed by atoms with Crippen LogP contribution in [0.5, 0.6) is 0 Å². The lowest BCUT2D eigenvalue weighted by atomic mass is 9.89. The quantitative estimate of drug-likeness (QED) is 0.557. The molecule has 0 aromatic carbocycles. The van der Waals surface area contributed by atoms with Gasteiger partial charge in [-0.2, -0.15) is 0 Å². The first-order valence-corrected chi connectivity index (χ1v) is 5.13. The molecule has 1 fully saturated rings. The molecule has 1 atom stereocenters. The van der Waals surface area contributed by atoms with E-state index in [1.54, 1.807) is 0 Å². The summed E-state index contributed by atoms with van der Waals surface area (Å²) in [5, 5.41) is 0. The molecule has 0 aliphatic heterocycles. The van der Waals surface area contributed by atoms with E-state index in [1.165, 1.54) is 0 Å². The van der Waals surface area contributed by atoms with Gasteiger partial charge in [0.05, 0.1) is 12.3 Å². The predicted molar refractivity (Wildman–Crippen MR) is 58.0 cm³/mol. The summed E-state index contributed by atoms with van der Waals surface area (Å²) in [6, 6.07) is 0. The SMILES string of the molecule is CC.CC1=C2C(=O)CC(=O)C2CC=C1.[2HH]. The van der Waals surface area contributed by atoms with Gasteiger partial charge in [-0.15, -0.1) is 0 Å². The maximum atomic E-state index is 11.3. The normalized spacial score (nSPS) is 24.6. The highest BCUT2D eigenvalue weighted by atomic mass is 16.2. The van der Waals surface area contributed by atoms with Crippen molar-refractivity contribution in [3.8, 4) is 0 Å². The maximum absolute atomic E-state index is 11.3. The van der Waals surface area contributed by atoms with E-state index in [0.29, 0.717) is 0 Å². The molecule has 2 aliphatic rings. The summed E-state index contributed by atoms with van der Waals surface area (Å²) in [4.78, 5) is 22.6. The number of allylic oxidation sites excluding steroid dienone is 4. The van der Waals surface area contributed by atoms with Crippen molar-refractivity contribution >= 4 is 11.6 Å². The van der Waals surface area contributed by atoms with Crippen molar-refractivity contribution in [2.75, 3.05) is 0 Å². The minimum Gasteiger partial charge on any atom is -0.299 e. The predicted octanol–water partition coefficient (Wildman–Crippen LogP) is 2.69. The van der Waals surface area contributed by atoms with Gasteiger partial charge in [-0.1, -0.05) is 26.0 Å². The zero-order valence-electron chi connectivity index (χ0n) is 8.96. The molecule has 2 nitrogen and oxygen atoms in total. The zero-order chi connectivity index (χ0) is 10.7. The minimum atomic E-state index is -0.109. The Balaban J connectivity index is 0.000000617. The van der Waals surface area contributed by atoms with E-state index in [9.17, 15) is 9.59 Å². The molecule has 78 valence electrons. The van der Waals surface area contributed by atoms with Crippen LogP contribution in [-0.4, -0.2) is 11.6 Å². The lowest BCUT2D eigenvalue weighted by molar-refractivity contribution is -0.122. The van der Waals surface area contributed by atoms with Gasteiger partial charge in [0.25, 0.3) is 0 Å². The smallest absolute Gasteiger partial charge is 0.167 e. The molecule has 0 amide bonds. The molecule has 0 radical (unpaired) electrons. The molecule has 14 heavy (non-hydrogen) atoms. The lowest BCUT2D eigenvalue weighted by Gasteiger charge is -2.13. The zero-order valence-corrected chi connectivity index (χ0v) is 8.96. The van der Waals surface area contributed by atoms with Gasteiger partial charge in [0.15, 0.2) is 5.78 Å². The van der Waals surface area contributed by atoms with Crippen molar-refractivity contribution in [1.82, 2.24) is 0 Å². The molecule has 0 bridgehead atoms. The number of ketones is 2. The average molecular weight is 195 g/mol. The number of carbonyl (C=O) groups is 2. The van der Waals surface area contributed by atoms with E-state index < -0.39 is 0 Å². The van der Waals surface area contributed by atoms with E-state index in [2.05, 4.69) is 0 Å². The lowest BCUT2D eigenvalue weighted by Crippen LogP contribution is -2.10. The molecule has 0 aromatic heterocycles. The van der Waals surface area contributed by atoms with Crippen LogP contribution in [0.25, 0.3) is 0 Å². The summed E-state index contributed by atoms with van der Waals surface area (Å²) in [5.41, 5.74) is 1.74. The molecule has 2 heteroatoms. The van der Waals surface area contributed by atoms with Gasteiger partial charge in [0, 0.05) is 7.00 Å². The average Bonchev–Trinajstić information content (AvgIpc) is 2.47. The highest BCUT2D eigenvalue weighted by Gasteiger charge is 2.37. The molecule has 2 rings (SSSR count). The first-order valence-electron chi connectivity index (χ1n) is 5.13. The number of fused-ring (bicyclic) bond motifs is 1. The fraction of sp³-hybridized carbons (Fsp3) is 0.500. The van der Waals surface area contributed by atoms with Crippen LogP contribution >= 0.6 is 0 Å². The van der Waals surface area contributed by atoms with Gasteiger partial charge in [-0.3, -0.25) is 9.59 Å². The van der Waals surface area contributed by atoms with Gasteiger partial charge < -0.3 is 0 Å². The Morgan fingerprint density at radius 3 is 2.57 bits per heavy atom. The second kappa shape index (κ2) is 4.36. The van der Waals surface area contributed by atoms with Crippen LogP contribution in [0.2, 0.25) is 0 Å². The standard InChI is InChI=1S/C10H10O2.C2H6.H2/c1-6-3-2-4-7-8(11)5-9(12)10(6)7;1-2;/h2-3,7H,4-5H2,1H3;1-2H3;1H/i;;1+1. The van der Waals surface area contributed by atoms with Crippen LogP contribution in [-0.2, 0) is 9.59 Å². The van der Waals surface area contributed by atoms with Crippen molar-refractivity contribution in [3.63, 3.8) is 0 Å². The van der Waals surface area contributed by atoms with Crippen LogP contribution in [0.1, 0.15) is 35.0 Å². The highest BCUT2D eigenvalue weighted by Crippen LogP contribution is 2.33. The second-order valence-corrected chi connectivity index (χ2v) is 3.35. The Morgan fingerprint density at radius 1 is 1.36 bits per heavy atom. The van der Waals surface area contributed by atoms with Crippen LogP contribution in [0.3, 0.4) is 0 Å². The molecule has 1 unspecified atom stereocenters. The summed E-state index contributed by atoms with van der Waals surface area (Å²) in [5.74, 6) is 0.0213. The van der Waals surface area contributed by atoms with Crippen molar-refractivity contribution in [1.29, 1.82) is 0 Å². The fourth-order valence-electron chi connectivity index (χ4n) is 1.95. The van der Waals surface area contributed by atoms with Gasteiger partial charge in [0.2, 0.25) is 0 Å². The Bertz CT molecular complexity index is 327. The molecule has 0 N–H and O–H groups in total. The number of Topliss-reactive ketones (excluding diaryl/α,β-unsaturated/α-hetero) is 2. The first kappa shape index (κ1) is 10.9. The Kier molecular flexibility index (Phi) is 3.39. The van der Waals surface area contributed by atoms with E-state index in [0.717, 1.165) is 17.6 Å². The van der Waals surface area contributed by atoms with Crippen LogP contribution in [0.4, 0.5) is 0 Å². The Hall–Kier alpha value is -1.18. The molecule has 0 spiro atoms. The van der Waals surface area contributed by atoms with Gasteiger partial charge in [0.1, 0.15) is 5.78 Å². The third-order valence-electron chi connectivity index (χ3n) is 2.54.